The maximum Gasteiger partial charge on any atom is 0.311 e. The Kier molecular flexibility index (Phi) is 7.92. The molecular weight excluding hydrogens is 400 g/mol. The number of hydrogen-bond donors (Lipinski definition) is 8. The van der Waals surface area contributed by atoms with Crippen LogP contribution in [0.2, 0.25) is 0 Å². The van der Waals surface area contributed by atoms with Crippen molar-refractivity contribution in [1.82, 2.24) is 0 Å². The fourth-order valence-electron chi connectivity index (χ4n) is 2.98. The molecule has 2 aliphatic heterocycles. The largest absolute Gasteiger partial charge is 0.427 e. The molecule has 2 aliphatic rings. The lowest BCUT2D eigenvalue weighted by molar-refractivity contribution is -0.416. The van der Waals surface area contributed by atoms with Gasteiger partial charge >= 0.3 is 5.97 Å². The zero-order valence-corrected chi connectivity index (χ0v) is 15.8. The SMILES string of the molecule is CC(C)C(=O)O[C@@]1(CO)O[C@H](O[C@H]2[C@H](O)[C@@H](O)[C@H](O)O[C@@H]2CO)[C@H](O)[C@H](O)[C@H]1O. The molecule has 0 bridgehead atoms. The van der Waals surface area contributed by atoms with E-state index in [1.807, 2.05) is 0 Å². The van der Waals surface area contributed by atoms with Crippen LogP contribution in [0.3, 0.4) is 0 Å². The fourth-order valence-corrected chi connectivity index (χ4v) is 2.98. The minimum absolute atomic E-state index is 0.693. The number of aliphatic hydroxyl groups excluding tert-OH is 8. The number of ether oxygens (including phenoxy) is 4. The predicted molar refractivity (Wildman–Crippen MR) is 88.5 cm³/mol. The Bertz CT molecular complexity index is 557. The van der Waals surface area contributed by atoms with Crippen LogP contribution < -0.4 is 0 Å². The lowest BCUT2D eigenvalue weighted by atomic mass is 9.95. The van der Waals surface area contributed by atoms with E-state index in [0.717, 1.165) is 0 Å². The van der Waals surface area contributed by atoms with Gasteiger partial charge in [-0.05, 0) is 0 Å². The van der Waals surface area contributed by atoms with E-state index in [-0.39, 0.29) is 0 Å². The van der Waals surface area contributed by atoms with Gasteiger partial charge in [-0.3, -0.25) is 4.79 Å². The molecule has 13 heteroatoms. The third-order valence-corrected chi connectivity index (χ3v) is 4.81. The first kappa shape index (κ1) is 24.3. The van der Waals surface area contributed by atoms with Crippen LogP contribution >= 0.6 is 0 Å². The molecule has 10 atom stereocenters. The Balaban J connectivity index is 2.27. The van der Waals surface area contributed by atoms with E-state index in [1.165, 1.54) is 13.8 Å². The Labute approximate surface area is 165 Å². The van der Waals surface area contributed by atoms with Crippen molar-refractivity contribution in [2.75, 3.05) is 13.2 Å². The number of esters is 1. The lowest BCUT2D eigenvalue weighted by Crippen LogP contribution is -2.69. The second kappa shape index (κ2) is 9.45. The Morgan fingerprint density at radius 1 is 1.00 bits per heavy atom. The molecule has 2 fully saturated rings. The summed E-state index contributed by atoms with van der Waals surface area (Å²) in [5.41, 5.74) is 0. The number of carbonyl (C=O) groups is 1. The molecule has 0 spiro atoms. The van der Waals surface area contributed by atoms with Crippen LogP contribution in [0.4, 0.5) is 0 Å². The average Bonchev–Trinajstić information content (AvgIpc) is 2.69. The molecule has 2 rings (SSSR count). The van der Waals surface area contributed by atoms with Crippen LogP contribution in [0.5, 0.6) is 0 Å². The standard InChI is InChI=1S/C16H28O13/c1-5(2)13(24)28-16(4-18)12(23)8(20)10(22)15(29-16)27-11-6(3-17)26-14(25)9(21)7(11)19/h5-12,14-15,17-23,25H,3-4H2,1-2H3/t6-,7-,8+,9-,10-,11-,12-,14-,15+,16+/m1/s1. The molecule has 8 N–H and O–H groups in total. The second-order valence-electron chi connectivity index (χ2n) is 7.29. The quantitative estimate of drug-likeness (QED) is 0.186. The van der Waals surface area contributed by atoms with Gasteiger partial charge in [0.1, 0.15) is 43.2 Å². The van der Waals surface area contributed by atoms with Gasteiger partial charge in [-0.1, -0.05) is 13.8 Å². The van der Waals surface area contributed by atoms with Gasteiger partial charge in [-0.2, -0.15) is 0 Å². The molecule has 0 aliphatic carbocycles. The molecule has 0 aromatic heterocycles. The molecule has 29 heavy (non-hydrogen) atoms. The van der Waals surface area contributed by atoms with Crippen LogP contribution in [0.1, 0.15) is 13.8 Å². The van der Waals surface area contributed by atoms with Gasteiger partial charge in [0.2, 0.25) is 0 Å². The highest BCUT2D eigenvalue weighted by atomic mass is 16.8. The summed E-state index contributed by atoms with van der Waals surface area (Å²) < 4.78 is 20.6. The highest BCUT2D eigenvalue weighted by molar-refractivity contribution is 5.72. The Hall–Kier alpha value is -0.970. The average molecular weight is 428 g/mol. The smallest absolute Gasteiger partial charge is 0.311 e. The van der Waals surface area contributed by atoms with Gasteiger partial charge in [0.25, 0.3) is 5.79 Å². The minimum Gasteiger partial charge on any atom is -0.427 e. The fraction of sp³-hybridized carbons (Fsp3) is 0.938. The van der Waals surface area contributed by atoms with Gasteiger partial charge in [-0.25, -0.2) is 0 Å². The van der Waals surface area contributed by atoms with Gasteiger partial charge in [0.15, 0.2) is 18.7 Å². The Morgan fingerprint density at radius 2 is 1.62 bits per heavy atom. The van der Waals surface area contributed by atoms with Gasteiger partial charge in [-0.15, -0.1) is 0 Å². The Morgan fingerprint density at radius 3 is 2.14 bits per heavy atom. The van der Waals surface area contributed by atoms with Crippen molar-refractivity contribution in [2.24, 2.45) is 5.92 Å². The van der Waals surface area contributed by atoms with E-state index < -0.39 is 86.2 Å². The molecule has 0 aromatic rings. The third kappa shape index (κ3) is 4.70. The molecule has 2 heterocycles. The van der Waals surface area contributed by atoms with Gasteiger partial charge < -0.3 is 59.8 Å². The van der Waals surface area contributed by atoms with Crippen LogP contribution in [-0.4, -0.2) is 121 Å². The number of rotatable bonds is 6. The van der Waals surface area contributed by atoms with E-state index in [9.17, 15) is 45.6 Å². The van der Waals surface area contributed by atoms with E-state index in [2.05, 4.69) is 0 Å². The van der Waals surface area contributed by atoms with Crippen molar-refractivity contribution in [1.29, 1.82) is 0 Å². The minimum atomic E-state index is -2.50. The number of aliphatic hydroxyl groups is 8. The van der Waals surface area contributed by atoms with Crippen molar-refractivity contribution in [3.05, 3.63) is 0 Å². The summed E-state index contributed by atoms with van der Waals surface area (Å²) >= 11 is 0. The molecule has 0 radical (unpaired) electrons. The number of hydrogen-bond acceptors (Lipinski definition) is 13. The third-order valence-electron chi connectivity index (χ3n) is 4.81. The maximum atomic E-state index is 12.0. The molecule has 170 valence electrons. The van der Waals surface area contributed by atoms with Crippen molar-refractivity contribution in [3.8, 4) is 0 Å². The first-order valence-corrected chi connectivity index (χ1v) is 9.00. The van der Waals surface area contributed by atoms with Gasteiger partial charge in [0, 0.05) is 0 Å². The molecule has 0 unspecified atom stereocenters. The van der Waals surface area contributed by atoms with Crippen molar-refractivity contribution >= 4 is 5.97 Å². The zero-order valence-electron chi connectivity index (χ0n) is 15.8. The number of carbonyl (C=O) groups excluding carboxylic acids is 1. The predicted octanol–water partition coefficient (Wildman–Crippen LogP) is -4.87. The second-order valence-corrected chi connectivity index (χ2v) is 7.29. The van der Waals surface area contributed by atoms with Crippen LogP contribution in [-0.2, 0) is 23.7 Å². The summed E-state index contributed by atoms with van der Waals surface area (Å²) in [5.74, 6) is -4.09. The molecular formula is C16H28O13. The summed E-state index contributed by atoms with van der Waals surface area (Å²) in [7, 11) is 0. The maximum absolute atomic E-state index is 12.0. The molecule has 0 saturated carbocycles. The lowest BCUT2D eigenvalue weighted by Gasteiger charge is -2.49. The summed E-state index contributed by atoms with van der Waals surface area (Å²) in [6, 6.07) is 0. The van der Waals surface area contributed by atoms with E-state index in [0.29, 0.717) is 0 Å². The first-order chi connectivity index (χ1) is 13.5. The highest BCUT2D eigenvalue weighted by Crippen LogP contribution is 2.34. The summed E-state index contributed by atoms with van der Waals surface area (Å²) in [5, 5.41) is 79.1. The first-order valence-electron chi connectivity index (χ1n) is 9.00. The van der Waals surface area contributed by atoms with Crippen LogP contribution in [0, 0.1) is 5.92 Å². The zero-order chi connectivity index (χ0) is 22.1. The van der Waals surface area contributed by atoms with Crippen molar-refractivity contribution in [3.63, 3.8) is 0 Å². The van der Waals surface area contributed by atoms with E-state index in [1.54, 1.807) is 0 Å². The highest BCUT2D eigenvalue weighted by Gasteiger charge is 2.58. The normalized spacial score (nSPS) is 46.0. The topological polar surface area (TPSA) is 216 Å². The van der Waals surface area contributed by atoms with Crippen LogP contribution in [0.15, 0.2) is 0 Å². The molecule has 13 nitrogen and oxygen atoms in total. The van der Waals surface area contributed by atoms with Crippen LogP contribution in [0.25, 0.3) is 0 Å². The van der Waals surface area contributed by atoms with Crippen molar-refractivity contribution in [2.45, 2.75) is 74.9 Å². The van der Waals surface area contributed by atoms with E-state index >= 15 is 0 Å². The molecule has 0 amide bonds. The van der Waals surface area contributed by atoms with Gasteiger partial charge in [0.05, 0.1) is 12.5 Å². The summed E-state index contributed by atoms with van der Waals surface area (Å²) in [6.45, 7) is 1.05. The summed E-state index contributed by atoms with van der Waals surface area (Å²) in [6.07, 6.45) is -16.3. The molecule has 0 aromatic carbocycles. The monoisotopic (exact) mass is 428 g/mol. The van der Waals surface area contributed by atoms with Crippen molar-refractivity contribution < 1.29 is 64.6 Å². The van der Waals surface area contributed by atoms with E-state index in [4.69, 9.17) is 18.9 Å². The molecule has 2 saturated heterocycles. The summed E-state index contributed by atoms with van der Waals surface area (Å²) in [4.78, 5) is 12.0.